The molecule has 2 rings (SSSR count). The SMILES string of the molecule is CCCc1c(OCCCSc2ccc(OC(=O)CC)cc2Cl)ccc(CCC=NO)c1O. The number of aryl methyl sites for hydroxylation is 1. The monoisotopic (exact) mass is 479 g/mol. The third-order valence-electron chi connectivity index (χ3n) is 4.68. The molecular formula is C24H30ClNO5S. The van der Waals surface area contributed by atoms with E-state index in [0.717, 1.165) is 41.0 Å². The maximum absolute atomic E-state index is 11.4. The second-order valence-electron chi connectivity index (χ2n) is 7.11. The highest BCUT2D eigenvalue weighted by Gasteiger charge is 2.13. The first-order valence-electron chi connectivity index (χ1n) is 10.8. The van der Waals surface area contributed by atoms with Crippen molar-refractivity contribution < 1.29 is 24.6 Å². The highest BCUT2D eigenvalue weighted by atomic mass is 35.5. The molecule has 2 N–H and O–H groups in total. The molecule has 2 aromatic carbocycles. The third kappa shape index (κ3) is 7.95. The molecule has 0 aromatic heterocycles. The molecule has 0 amide bonds. The highest BCUT2D eigenvalue weighted by Crippen LogP contribution is 2.34. The van der Waals surface area contributed by atoms with E-state index < -0.39 is 0 Å². The van der Waals surface area contributed by atoms with Gasteiger partial charge in [0.1, 0.15) is 17.2 Å². The van der Waals surface area contributed by atoms with Gasteiger partial charge in [-0.1, -0.05) is 37.9 Å². The first-order valence-corrected chi connectivity index (χ1v) is 12.1. The van der Waals surface area contributed by atoms with E-state index in [9.17, 15) is 9.90 Å². The summed E-state index contributed by atoms with van der Waals surface area (Å²) < 4.78 is 11.1. The third-order valence-corrected chi connectivity index (χ3v) is 6.26. The Morgan fingerprint density at radius 2 is 2.03 bits per heavy atom. The van der Waals surface area contributed by atoms with Crippen molar-refractivity contribution in [1.29, 1.82) is 0 Å². The predicted octanol–water partition coefficient (Wildman–Crippen LogP) is 6.27. The standard InChI is InChI=1S/C24H30ClNO5S/c1-3-7-19-21(11-9-17(24(19)28)8-5-13-26-29)30-14-6-15-32-22-12-10-18(16-20(22)25)31-23(27)4-2/h9-13,16,28-29H,3-8,14-15H2,1-2H3. The maximum Gasteiger partial charge on any atom is 0.310 e. The van der Waals surface area contributed by atoms with Crippen molar-refractivity contribution in [2.45, 2.75) is 57.3 Å². The van der Waals surface area contributed by atoms with Gasteiger partial charge in [-0.25, -0.2) is 0 Å². The lowest BCUT2D eigenvalue weighted by atomic mass is 10.0. The van der Waals surface area contributed by atoms with Crippen LogP contribution in [0.1, 0.15) is 50.7 Å². The second-order valence-corrected chi connectivity index (χ2v) is 8.65. The van der Waals surface area contributed by atoms with E-state index in [1.807, 2.05) is 18.2 Å². The normalized spacial score (nSPS) is 11.1. The van der Waals surface area contributed by atoms with Crippen molar-refractivity contribution in [2.24, 2.45) is 5.16 Å². The van der Waals surface area contributed by atoms with E-state index in [-0.39, 0.29) is 11.7 Å². The molecular weight excluding hydrogens is 450 g/mol. The van der Waals surface area contributed by atoms with Crippen LogP contribution >= 0.6 is 23.4 Å². The Bertz CT molecular complexity index is 920. The first kappa shape index (κ1) is 25.9. The van der Waals surface area contributed by atoms with Crippen molar-refractivity contribution in [3.63, 3.8) is 0 Å². The fourth-order valence-corrected chi connectivity index (χ4v) is 4.24. The van der Waals surface area contributed by atoms with E-state index in [1.54, 1.807) is 30.8 Å². The zero-order chi connectivity index (χ0) is 23.3. The summed E-state index contributed by atoms with van der Waals surface area (Å²) in [5.41, 5.74) is 1.64. The van der Waals surface area contributed by atoms with Gasteiger partial charge < -0.3 is 19.8 Å². The van der Waals surface area contributed by atoms with Crippen LogP contribution in [0.5, 0.6) is 17.2 Å². The van der Waals surface area contributed by atoms with Crippen LogP contribution in [0.3, 0.4) is 0 Å². The summed E-state index contributed by atoms with van der Waals surface area (Å²) in [5, 5.41) is 22.7. The molecule has 0 fully saturated rings. The van der Waals surface area contributed by atoms with Gasteiger partial charge in [0.2, 0.25) is 0 Å². The van der Waals surface area contributed by atoms with E-state index >= 15 is 0 Å². The Hall–Kier alpha value is -2.38. The summed E-state index contributed by atoms with van der Waals surface area (Å²) in [6.45, 7) is 4.32. The highest BCUT2D eigenvalue weighted by molar-refractivity contribution is 7.99. The lowest BCUT2D eigenvalue weighted by Crippen LogP contribution is -2.05. The summed E-state index contributed by atoms with van der Waals surface area (Å²) in [5.74, 6) is 1.93. The van der Waals surface area contributed by atoms with E-state index in [0.29, 0.717) is 42.4 Å². The summed E-state index contributed by atoms with van der Waals surface area (Å²) in [6, 6.07) is 9.00. The Labute approximate surface area is 198 Å². The van der Waals surface area contributed by atoms with Crippen LogP contribution in [-0.4, -0.2) is 34.9 Å². The number of carbonyl (C=O) groups is 1. The molecule has 0 saturated carbocycles. The van der Waals surface area contributed by atoms with Gasteiger partial charge in [-0.3, -0.25) is 4.79 Å². The lowest BCUT2D eigenvalue weighted by molar-refractivity contribution is -0.134. The first-order chi connectivity index (χ1) is 15.5. The number of oxime groups is 1. The molecule has 8 heteroatoms. The zero-order valence-corrected chi connectivity index (χ0v) is 20.0. The predicted molar refractivity (Wildman–Crippen MR) is 129 cm³/mol. The maximum atomic E-state index is 11.4. The van der Waals surface area contributed by atoms with Gasteiger partial charge in [0.15, 0.2) is 0 Å². The molecule has 0 spiro atoms. The van der Waals surface area contributed by atoms with E-state index in [1.165, 1.54) is 6.21 Å². The van der Waals surface area contributed by atoms with Gasteiger partial charge in [0.05, 0.1) is 11.6 Å². The number of aromatic hydroxyl groups is 1. The van der Waals surface area contributed by atoms with Crippen molar-refractivity contribution in [1.82, 2.24) is 0 Å². The fourth-order valence-electron chi connectivity index (χ4n) is 3.06. The van der Waals surface area contributed by atoms with Gasteiger partial charge >= 0.3 is 5.97 Å². The summed E-state index contributed by atoms with van der Waals surface area (Å²) >= 11 is 7.92. The van der Waals surface area contributed by atoms with Crippen molar-refractivity contribution in [3.05, 3.63) is 46.5 Å². The number of nitrogens with zero attached hydrogens (tertiary/aromatic N) is 1. The minimum absolute atomic E-state index is 0.265. The molecule has 0 aliphatic heterocycles. The van der Waals surface area contributed by atoms with Crippen molar-refractivity contribution in [3.8, 4) is 17.2 Å². The van der Waals surface area contributed by atoms with Gasteiger partial charge in [0, 0.05) is 34.9 Å². The van der Waals surface area contributed by atoms with Gasteiger partial charge in [-0.15, -0.1) is 16.9 Å². The molecule has 6 nitrogen and oxygen atoms in total. The number of phenols is 1. The Morgan fingerprint density at radius 3 is 2.72 bits per heavy atom. The van der Waals surface area contributed by atoms with E-state index in [4.69, 9.17) is 26.3 Å². The molecule has 0 atom stereocenters. The number of phenolic OH excluding ortho intramolecular Hbond substituents is 1. The number of hydrogen-bond donors (Lipinski definition) is 2. The minimum atomic E-state index is -0.292. The lowest BCUT2D eigenvalue weighted by Gasteiger charge is -2.15. The average Bonchev–Trinajstić information content (AvgIpc) is 2.78. The molecule has 0 saturated heterocycles. The number of halogens is 1. The minimum Gasteiger partial charge on any atom is -0.507 e. The average molecular weight is 480 g/mol. The van der Waals surface area contributed by atoms with Gasteiger partial charge in [0.25, 0.3) is 0 Å². The van der Waals surface area contributed by atoms with Crippen LogP contribution in [0.25, 0.3) is 0 Å². The molecule has 2 aromatic rings. The van der Waals surface area contributed by atoms with Crippen LogP contribution in [0.4, 0.5) is 0 Å². The summed E-state index contributed by atoms with van der Waals surface area (Å²) in [4.78, 5) is 12.3. The molecule has 174 valence electrons. The van der Waals surface area contributed by atoms with Crippen LogP contribution in [0.2, 0.25) is 5.02 Å². The number of thioether (sulfide) groups is 1. The molecule has 0 aliphatic carbocycles. The van der Waals surface area contributed by atoms with Crippen LogP contribution < -0.4 is 9.47 Å². The summed E-state index contributed by atoms with van der Waals surface area (Å²) in [6.07, 6.45) is 5.30. The number of ether oxygens (including phenoxy) is 2. The van der Waals surface area contributed by atoms with Crippen molar-refractivity contribution in [2.75, 3.05) is 12.4 Å². The quantitative estimate of drug-likeness (QED) is 0.0669. The number of benzene rings is 2. The van der Waals surface area contributed by atoms with Crippen LogP contribution in [-0.2, 0) is 17.6 Å². The van der Waals surface area contributed by atoms with Crippen molar-refractivity contribution >= 4 is 35.5 Å². The Morgan fingerprint density at radius 1 is 1.22 bits per heavy atom. The Balaban J connectivity index is 1.88. The second kappa shape index (κ2) is 13.9. The molecule has 0 heterocycles. The van der Waals surface area contributed by atoms with Gasteiger partial charge in [-0.05, 0) is 49.4 Å². The molecule has 0 aliphatic rings. The molecule has 0 unspecified atom stereocenters. The molecule has 0 radical (unpaired) electrons. The molecule has 32 heavy (non-hydrogen) atoms. The van der Waals surface area contributed by atoms with Gasteiger partial charge in [-0.2, -0.15) is 0 Å². The Kier molecular flexibility index (Phi) is 11.2. The zero-order valence-electron chi connectivity index (χ0n) is 18.5. The summed E-state index contributed by atoms with van der Waals surface area (Å²) in [7, 11) is 0. The number of rotatable bonds is 13. The number of hydrogen-bond acceptors (Lipinski definition) is 7. The number of carbonyl (C=O) groups excluding carboxylic acids is 1. The smallest absolute Gasteiger partial charge is 0.310 e. The largest absolute Gasteiger partial charge is 0.507 e. The van der Waals surface area contributed by atoms with Crippen LogP contribution in [0, 0.1) is 0 Å². The molecule has 0 bridgehead atoms. The van der Waals surface area contributed by atoms with E-state index in [2.05, 4.69) is 12.1 Å². The fraction of sp³-hybridized carbons (Fsp3) is 0.417. The number of esters is 1. The topological polar surface area (TPSA) is 88.4 Å². The van der Waals surface area contributed by atoms with Crippen LogP contribution in [0.15, 0.2) is 40.4 Å².